The molecule has 3 fully saturated rings. The molecule has 6 heteroatoms. The maximum absolute atomic E-state index is 12.2. The molecular weight excluding hydrogens is 560 g/mol. The van der Waals surface area contributed by atoms with Crippen LogP contribution >= 0.6 is 28.3 Å². The zero-order chi connectivity index (χ0) is 26.3. The molecule has 4 nitrogen and oxygen atoms in total. The van der Waals surface area contributed by atoms with Crippen LogP contribution in [0.3, 0.4) is 0 Å². The fourth-order valence-corrected chi connectivity index (χ4v) is 7.22. The van der Waals surface area contributed by atoms with E-state index in [-0.39, 0.29) is 24.2 Å². The van der Waals surface area contributed by atoms with E-state index < -0.39 is 0 Å². The number of nitrogens with zero attached hydrogens (tertiary/aromatic N) is 1. The van der Waals surface area contributed by atoms with E-state index in [1.165, 1.54) is 119 Å². The summed E-state index contributed by atoms with van der Waals surface area (Å²) in [5.74, 6) is 2.49. The molecular formula is C32H52BrClN2O2. The number of carbonyl (C=O) groups excluding carboxylic acids is 2. The van der Waals surface area contributed by atoms with Crippen molar-refractivity contribution >= 4 is 40.2 Å². The quantitative estimate of drug-likeness (QED) is 0.247. The maximum Gasteiger partial charge on any atom is 0.261 e. The van der Waals surface area contributed by atoms with Crippen molar-refractivity contribution in [1.29, 1.82) is 0 Å². The van der Waals surface area contributed by atoms with Crippen LogP contribution in [0.15, 0.2) is 24.3 Å². The van der Waals surface area contributed by atoms with Gasteiger partial charge < -0.3 is 5.73 Å². The summed E-state index contributed by atoms with van der Waals surface area (Å²) < 4.78 is 0. The van der Waals surface area contributed by atoms with Crippen LogP contribution in [0, 0.1) is 17.8 Å². The third-order valence-electron chi connectivity index (χ3n) is 8.91. The van der Waals surface area contributed by atoms with Gasteiger partial charge >= 0.3 is 0 Å². The lowest BCUT2D eigenvalue weighted by atomic mass is 9.87. The highest BCUT2D eigenvalue weighted by atomic mass is 79.9. The largest absolute Gasteiger partial charge is 0.330 e. The number of fused-ring (bicyclic) bond motifs is 1. The number of halogens is 2. The second-order valence-corrected chi connectivity index (χ2v) is 12.5. The fourth-order valence-electron chi connectivity index (χ4n) is 6.57. The minimum atomic E-state index is -0.114. The van der Waals surface area contributed by atoms with E-state index in [9.17, 15) is 9.59 Å². The Hall–Kier alpha value is -0.910. The molecule has 5 rings (SSSR count). The van der Waals surface area contributed by atoms with Gasteiger partial charge in [-0.05, 0) is 55.7 Å². The second kappa shape index (κ2) is 19.2. The van der Waals surface area contributed by atoms with Gasteiger partial charge in [0.1, 0.15) is 0 Å². The monoisotopic (exact) mass is 610 g/mol. The number of carbonyl (C=O) groups is 2. The van der Waals surface area contributed by atoms with Crippen LogP contribution in [-0.2, 0) is 0 Å². The molecule has 0 bridgehead atoms. The molecule has 4 aliphatic rings. The molecule has 0 saturated heterocycles. The zero-order valence-electron chi connectivity index (χ0n) is 23.5. The lowest BCUT2D eigenvalue weighted by Crippen LogP contribution is -2.32. The van der Waals surface area contributed by atoms with E-state index in [0.29, 0.717) is 23.6 Å². The summed E-state index contributed by atoms with van der Waals surface area (Å²) in [7, 11) is 0. The Morgan fingerprint density at radius 1 is 0.658 bits per heavy atom. The Morgan fingerprint density at radius 2 is 1.05 bits per heavy atom. The number of rotatable bonds is 7. The van der Waals surface area contributed by atoms with Crippen LogP contribution < -0.4 is 5.73 Å². The Kier molecular flexibility index (Phi) is 16.8. The average Bonchev–Trinajstić information content (AvgIpc) is 3.19. The Labute approximate surface area is 246 Å². The predicted octanol–water partition coefficient (Wildman–Crippen LogP) is 8.94. The molecule has 216 valence electrons. The molecule has 0 unspecified atom stereocenters. The van der Waals surface area contributed by atoms with Crippen molar-refractivity contribution in [2.75, 3.05) is 18.4 Å². The Morgan fingerprint density at radius 3 is 1.45 bits per heavy atom. The molecule has 1 aliphatic heterocycles. The first kappa shape index (κ1) is 33.3. The number of benzene rings is 1. The van der Waals surface area contributed by atoms with Gasteiger partial charge in [-0.25, -0.2) is 0 Å². The number of imide groups is 1. The molecule has 0 aromatic heterocycles. The highest BCUT2D eigenvalue weighted by Gasteiger charge is 2.35. The van der Waals surface area contributed by atoms with Crippen molar-refractivity contribution in [3.8, 4) is 0 Å². The van der Waals surface area contributed by atoms with Crippen molar-refractivity contribution in [1.82, 2.24) is 4.90 Å². The average molecular weight is 612 g/mol. The van der Waals surface area contributed by atoms with Crippen LogP contribution in [0.5, 0.6) is 0 Å². The molecule has 1 heterocycles. The number of nitrogens with two attached hydrogens (primary N) is 1. The van der Waals surface area contributed by atoms with Crippen LogP contribution in [0.2, 0.25) is 0 Å². The highest BCUT2D eigenvalue weighted by Crippen LogP contribution is 2.29. The van der Waals surface area contributed by atoms with E-state index in [4.69, 9.17) is 5.73 Å². The maximum atomic E-state index is 12.2. The normalized spacial score (nSPS) is 20.5. The molecule has 38 heavy (non-hydrogen) atoms. The fraction of sp³-hybridized carbons (Fsp3) is 0.750. The van der Waals surface area contributed by atoms with Gasteiger partial charge in [-0.1, -0.05) is 124 Å². The molecule has 3 saturated carbocycles. The summed E-state index contributed by atoms with van der Waals surface area (Å²) in [4.78, 5) is 25.8. The molecule has 1 aromatic rings. The molecule has 0 radical (unpaired) electrons. The van der Waals surface area contributed by atoms with E-state index in [1.807, 2.05) is 12.1 Å². The van der Waals surface area contributed by atoms with Gasteiger partial charge in [-0.3, -0.25) is 14.5 Å². The Balaban J connectivity index is 0.000000224. The van der Waals surface area contributed by atoms with E-state index in [1.54, 1.807) is 12.1 Å². The molecule has 0 atom stereocenters. The third kappa shape index (κ3) is 10.9. The summed E-state index contributed by atoms with van der Waals surface area (Å²) >= 11 is 3.48. The van der Waals surface area contributed by atoms with Gasteiger partial charge in [0, 0.05) is 11.9 Å². The Bertz CT molecular complexity index is 742. The van der Waals surface area contributed by atoms with Crippen molar-refractivity contribution in [2.24, 2.45) is 23.5 Å². The first-order chi connectivity index (χ1) is 18.1. The first-order valence-corrected chi connectivity index (χ1v) is 16.5. The van der Waals surface area contributed by atoms with Crippen LogP contribution in [-0.4, -0.2) is 35.1 Å². The predicted molar refractivity (Wildman–Crippen MR) is 165 cm³/mol. The highest BCUT2D eigenvalue weighted by molar-refractivity contribution is 9.09. The lowest BCUT2D eigenvalue weighted by molar-refractivity contribution is 0.0642. The number of amides is 2. The standard InChI is InChI=1S/C16H19NO2.C8H15Br.C8H17N.ClH/c18-15-13-8-4-5-9-14(13)16(19)17(15)11-10-12-6-2-1-3-7-12;2*9-7-6-8-4-2-1-3-5-8;/h4-5,8-9,12H,1-3,6-7,10-11H2;8H,1-7H2;8H,1-7,9H2;1H. The summed E-state index contributed by atoms with van der Waals surface area (Å²) in [5, 5.41) is 1.21. The third-order valence-corrected chi connectivity index (χ3v) is 9.36. The second-order valence-electron chi connectivity index (χ2n) is 11.7. The van der Waals surface area contributed by atoms with Gasteiger partial charge in [-0.2, -0.15) is 0 Å². The van der Waals surface area contributed by atoms with Crippen molar-refractivity contribution < 1.29 is 9.59 Å². The minimum Gasteiger partial charge on any atom is -0.330 e. The summed E-state index contributed by atoms with van der Waals surface area (Å²) in [6.45, 7) is 1.47. The number of hydrogen-bond acceptors (Lipinski definition) is 3. The lowest BCUT2D eigenvalue weighted by Gasteiger charge is -2.23. The smallest absolute Gasteiger partial charge is 0.261 e. The van der Waals surface area contributed by atoms with Crippen LogP contribution in [0.1, 0.15) is 136 Å². The van der Waals surface area contributed by atoms with Gasteiger partial charge in [0.05, 0.1) is 11.1 Å². The van der Waals surface area contributed by atoms with Crippen molar-refractivity contribution in [2.45, 2.75) is 116 Å². The summed E-state index contributed by atoms with van der Waals surface area (Å²) in [6.07, 6.45) is 24.7. The molecule has 3 aliphatic carbocycles. The molecule has 0 spiro atoms. The van der Waals surface area contributed by atoms with Gasteiger partial charge in [0.15, 0.2) is 0 Å². The van der Waals surface area contributed by atoms with Gasteiger partial charge in [0.2, 0.25) is 0 Å². The number of alkyl halides is 1. The van der Waals surface area contributed by atoms with E-state index in [2.05, 4.69) is 15.9 Å². The van der Waals surface area contributed by atoms with E-state index >= 15 is 0 Å². The van der Waals surface area contributed by atoms with Gasteiger partial charge in [-0.15, -0.1) is 12.4 Å². The minimum absolute atomic E-state index is 0. The molecule has 1 aromatic carbocycles. The summed E-state index contributed by atoms with van der Waals surface area (Å²) in [5.41, 5.74) is 6.59. The van der Waals surface area contributed by atoms with Crippen LogP contribution in [0.4, 0.5) is 0 Å². The zero-order valence-corrected chi connectivity index (χ0v) is 25.9. The first-order valence-electron chi connectivity index (χ1n) is 15.3. The summed E-state index contributed by atoms with van der Waals surface area (Å²) in [6, 6.07) is 7.12. The van der Waals surface area contributed by atoms with Crippen molar-refractivity contribution in [3.05, 3.63) is 35.4 Å². The van der Waals surface area contributed by atoms with Crippen molar-refractivity contribution in [3.63, 3.8) is 0 Å². The van der Waals surface area contributed by atoms with E-state index in [0.717, 1.165) is 24.8 Å². The van der Waals surface area contributed by atoms with Crippen LogP contribution in [0.25, 0.3) is 0 Å². The van der Waals surface area contributed by atoms with Gasteiger partial charge in [0.25, 0.3) is 11.8 Å². The molecule has 2 N–H and O–H groups in total. The topological polar surface area (TPSA) is 63.4 Å². The SMILES string of the molecule is BrCCC1CCCCC1.Cl.NCCC1CCCCC1.O=C1c2ccccc2C(=O)N1CCC1CCCCC1. The molecule has 2 amide bonds. The number of hydrogen-bond donors (Lipinski definition) is 1.